The molecule has 4 aromatic rings. The zero-order valence-electron chi connectivity index (χ0n) is 35.8. The van der Waals surface area contributed by atoms with Crippen molar-refractivity contribution in [3.05, 3.63) is 130 Å². The Morgan fingerprint density at radius 3 is 1.21 bits per heavy atom. The highest BCUT2D eigenvalue weighted by Gasteiger charge is 2.29. The molecule has 0 unspecified atom stereocenters. The van der Waals surface area contributed by atoms with E-state index in [1.807, 2.05) is 72.8 Å². The van der Waals surface area contributed by atoms with Crippen LogP contribution < -0.4 is 9.47 Å². The number of rotatable bonds is 30. The number of benzene rings is 4. The molecule has 0 radical (unpaired) electrons. The average Bonchev–Trinajstić information content (AvgIpc) is 3.24. The average molecular weight is 791 g/mol. The molecule has 0 spiro atoms. The van der Waals surface area contributed by atoms with E-state index >= 15 is 0 Å². The highest BCUT2D eigenvalue weighted by atomic mass is 16.6. The van der Waals surface area contributed by atoms with Gasteiger partial charge in [-0.05, 0) is 77.9 Å². The predicted octanol–water partition coefficient (Wildman–Crippen LogP) is 13.2. The fourth-order valence-electron chi connectivity index (χ4n) is 7.16. The molecule has 4 aromatic carbocycles. The van der Waals surface area contributed by atoms with Gasteiger partial charge in [0, 0.05) is 12.8 Å². The van der Waals surface area contributed by atoms with E-state index in [-0.39, 0.29) is 13.2 Å². The van der Waals surface area contributed by atoms with Gasteiger partial charge in [0.15, 0.2) is 5.92 Å². The van der Waals surface area contributed by atoms with Gasteiger partial charge >= 0.3 is 11.9 Å². The van der Waals surface area contributed by atoms with Gasteiger partial charge in [-0.1, -0.05) is 176 Å². The Morgan fingerprint density at radius 1 is 0.466 bits per heavy atom. The van der Waals surface area contributed by atoms with Crippen LogP contribution >= 0.6 is 0 Å². The van der Waals surface area contributed by atoms with Crippen LogP contribution in [0.25, 0.3) is 0 Å². The summed E-state index contributed by atoms with van der Waals surface area (Å²) in [6.45, 7) is 7.85. The number of unbranched alkanes of at least 4 members (excludes halogenated alkanes) is 14. The van der Waals surface area contributed by atoms with Crippen LogP contribution in [-0.4, -0.2) is 25.2 Å². The van der Waals surface area contributed by atoms with Gasteiger partial charge in [0.1, 0.15) is 24.7 Å². The molecule has 0 fully saturated rings. The summed E-state index contributed by atoms with van der Waals surface area (Å²) in [4.78, 5) is 26.7. The van der Waals surface area contributed by atoms with Gasteiger partial charge in [-0.2, -0.15) is 0 Å². The SMILES string of the molecule is CCCCCCCCCCCCCCCCCC(C(=O)OCCc1ccc(OCc2ccccc2C)cc1)C(=O)OCCc1ccc(OCc2ccccc2C)cc1. The third-order valence-corrected chi connectivity index (χ3v) is 11.1. The molecule has 0 saturated heterocycles. The topological polar surface area (TPSA) is 71.1 Å². The molecule has 0 aliphatic carbocycles. The number of hydrogen-bond acceptors (Lipinski definition) is 6. The first-order chi connectivity index (χ1) is 28.4. The van der Waals surface area contributed by atoms with E-state index in [0.29, 0.717) is 32.5 Å². The van der Waals surface area contributed by atoms with Crippen molar-refractivity contribution in [1.82, 2.24) is 0 Å². The maximum Gasteiger partial charge on any atom is 0.320 e. The van der Waals surface area contributed by atoms with Gasteiger partial charge in [0.2, 0.25) is 0 Å². The number of hydrogen-bond donors (Lipinski definition) is 0. The summed E-state index contributed by atoms with van der Waals surface area (Å²) < 4.78 is 23.4. The second-order valence-electron chi connectivity index (χ2n) is 15.8. The molecule has 314 valence electrons. The predicted molar refractivity (Wildman–Crippen MR) is 236 cm³/mol. The van der Waals surface area contributed by atoms with Gasteiger partial charge in [0.25, 0.3) is 0 Å². The van der Waals surface area contributed by atoms with Crippen molar-refractivity contribution in [2.75, 3.05) is 13.2 Å². The minimum atomic E-state index is -0.920. The quantitative estimate of drug-likeness (QED) is 0.0298. The lowest BCUT2D eigenvalue weighted by molar-refractivity contribution is -0.162. The van der Waals surface area contributed by atoms with E-state index in [1.165, 1.54) is 88.2 Å². The summed E-state index contributed by atoms with van der Waals surface area (Å²) in [5.41, 5.74) is 6.78. The van der Waals surface area contributed by atoms with E-state index in [2.05, 4.69) is 45.0 Å². The smallest absolute Gasteiger partial charge is 0.320 e. The molecule has 0 aliphatic heterocycles. The molecular formula is C52H70O6. The van der Waals surface area contributed by atoms with Crippen molar-refractivity contribution in [2.24, 2.45) is 5.92 Å². The Balaban J connectivity index is 1.18. The van der Waals surface area contributed by atoms with Crippen LogP contribution in [-0.2, 0) is 45.1 Å². The lowest BCUT2D eigenvalue weighted by atomic mass is 9.99. The Hall–Kier alpha value is -4.58. The fourth-order valence-corrected chi connectivity index (χ4v) is 7.16. The highest BCUT2D eigenvalue weighted by Crippen LogP contribution is 2.21. The van der Waals surface area contributed by atoms with Crippen LogP contribution in [0.5, 0.6) is 11.5 Å². The summed E-state index contributed by atoms with van der Waals surface area (Å²) in [6.07, 6.45) is 20.5. The molecular weight excluding hydrogens is 721 g/mol. The summed E-state index contributed by atoms with van der Waals surface area (Å²) in [5.74, 6) is -0.334. The number of aryl methyl sites for hydroxylation is 2. The summed E-state index contributed by atoms with van der Waals surface area (Å²) >= 11 is 0. The first-order valence-electron chi connectivity index (χ1n) is 22.3. The van der Waals surface area contributed by atoms with E-state index < -0.39 is 17.9 Å². The molecule has 58 heavy (non-hydrogen) atoms. The third kappa shape index (κ3) is 18.3. The van der Waals surface area contributed by atoms with E-state index in [4.69, 9.17) is 18.9 Å². The summed E-state index contributed by atoms with van der Waals surface area (Å²) in [5, 5.41) is 0. The molecule has 6 heteroatoms. The molecule has 0 N–H and O–H groups in total. The first kappa shape index (κ1) is 46.1. The minimum Gasteiger partial charge on any atom is -0.489 e. The summed E-state index contributed by atoms with van der Waals surface area (Å²) in [6, 6.07) is 32.1. The zero-order chi connectivity index (χ0) is 41.0. The van der Waals surface area contributed by atoms with Crippen molar-refractivity contribution < 1.29 is 28.5 Å². The normalized spacial score (nSPS) is 11.1. The molecule has 0 aromatic heterocycles. The van der Waals surface area contributed by atoms with E-state index in [9.17, 15) is 9.59 Å². The van der Waals surface area contributed by atoms with Crippen LogP contribution in [0.3, 0.4) is 0 Å². The second kappa shape index (κ2) is 27.9. The fraction of sp³-hybridized carbons (Fsp3) is 0.500. The highest BCUT2D eigenvalue weighted by molar-refractivity contribution is 5.94. The Bertz CT molecular complexity index is 1600. The Labute approximate surface area is 350 Å². The van der Waals surface area contributed by atoms with Gasteiger partial charge < -0.3 is 18.9 Å². The van der Waals surface area contributed by atoms with Crippen LogP contribution in [0.1, 0.15) is 143 Å². The molecule has 6 nitrogen and oxygen atoms in total. The molecule has 0 amide bonds. The lowest BCUT2D eigenvalue weighted by Crippen LogP contribution is -2.29. The zero-order valence-corrected chi connectivity index (χ0v) is 35.8. The Morgan fingerprint density at radius 2 is 0.828 bits per heavy atom. The number of carbonyl (C=O) groups excluding carboxylic acids is 2. The molecule has 0 saturated carbocycles. The third-order valence-electron chi connectivity index (χ3n) is 11.1. The number of ether oxygens (including phenoxy) is 4. The molecule has 0 aliphatic rings. The van der Waals surface area contributed by atoms with Crippen molar-refractivity contribution in [1.29, 1.82) is 0 Å². The first-order valence-corrected chi connectivity index (χ1v) is 22.3. The standard InChI is InChI=1S/C52H70O6/c1-4-5-6-7-8-9-10-11-12-13-14-15-16-17-18-27-50(51(53)55-38-36-44-28-32-48(33-29-44)57-40-46-25-21-19-23-42(46)2)52(54)56-39-37-45-30-34-49(35-31-45)58-41-47-26-22-20-24-43(47)3/h19-26,28-35,50H,4-18,27,36-41H2,1-3H3. The van der Waals surface area contributed by atoms with Crippen molar-refractivity contribution in [3.63, 3.8) is 0 Å². The van der Waals surface area contributed by atoms with Gasteiger partial charge in [-0.3, -0.25) is 9.59 Å². The van der Waals surface area contributed by atoms with Crippen molar-refractivity contribution in [3.8, 4) is 11.5 Å². The monoisotopic (exact) mass is 791 g/mol. The lowest BCUT2D eigenvalue weighted by Gasteiger charge is -2.16. The molecule has 0 bridgehead atoms. The van der Waals surface area contributed by atoms with Crippen LogP contribution in [0.15, 0.2) is 97.1 Å². The maximum absolute atomic E-state index is 13.4. The van der Waals surface area contributed by atoms with Gasteiger partial charge in [-0.25, -0.2) is 0 Å². The largest absolute Gasteiger partial charge is 0.489 e. The Kier molecular flexibility index (Phi) is 22.2. The van der Waals surface area contributed by atoms with Gasteiger partial charge in [-0.15, -0.1) is 0 Å². The van der Waals surface area contributed by atoms with Crippen LogP contribution in [0.2, 0.25) is 0 Å². The number of carbonyl (C=O) groups is 2. The second-order valence-corrected chi connectivity index (χ2v) is 15.8. The van der Waals surface area contributed by atoms with Crippen LogP contribution in [0, 0.1) is 19.8 Å². The van der Waals surface area contributed by atoms with Crippen molar-refractivity contribution >= 4 is 11.9 Å². The summed E-state index contributed by atoms with van der Waals surface area (Å²) in [7, 11) is 0. The molecule has 0 atom stereocenters. The van der Waals surface area contributed by atoms with Gasteiger partial charge in [0.05, 0.1) is 13.2 Å². The molecule has 0 heterocycles. The molecule has 4 rings (SSSR count). The van der Waals surface area contributed by atoms with E-state index in [0.717, 1.165) is 53.0 Å². The minimum absolute atomic E-state index is 0.198. The van der Waals surface area contributed by atoms with E-state index in [1.54, 1.807) is 0 Å². The maximum atomic E-state index is 13.4. The number of esters is 2. The van der Waals surface area contributed by atoms with Crippen molar-refractivity contribution in [2.45, 2.75) is 150 Å². The van der Waals surface area contributed by atoms with Crippen LogP contribution in [0.4, 0.5) is 0 Å².